The van der Waals surface area contributed by atoms with Gasteiger partial charge in [0.05, 0.1) is 11.3 Å². The molecule has 0 bridgehead atoms. The highest BCUT2D eigenvalue weighted by molar-refractivity contribution is 8.00. The van der Waals surface area contributed by atoms with Crippen LogP contribution < -0.4 is 0 Å². The Balaban J connectivity index is 1.49. The van der Waals surface area contributed by atoms with Crippen molar-refractivity contribution >= 4 is 28.6 Å². The first kappa shape index (κ1) is 17.0. The van der Waals surface area contributed by atoms with Gasteiger partial charge in [-0.3, -0.25) is 4.79 Å². The normalized spacial score (nSPS) is 13.7. The monoisotopic (exact) mass is 363 g/mol. The second-order valence-corrected chi connectivity index (χ2v) is 7.40. The minimum absolute atomic E-state index is 0.172. The highest BCUT2D eigenvalue weighted by Gasteiger charge is 2.21. The maximum absolute atomic E-state index is 12.7. The molecule has 0 saturated heterocycles. The zero-order valence-electron chi connectivity index (χ0n) is 14.8. The smallest absolute Gasteiger partial charge is 0.233 e. The maximum Gasteiger partial charge on any atom is 0.233 e. The van der Waals surface area contributed by atoms with Crippen LogP contribution in [-0.4, -0.2) is 33.1 Å². The van der Waals surface area contributed by atoms with Crippen LogP contribution in [-0.2, 0) is 24.2 Å². The predicted molar refractivity (Wildman–Crippen MR) is 105 cm³/mol. The third-order valence-corrected chi connectivity index (χ3v) is 5.72. The van der Waals surface area contributed by atoms with Crippen LogP contribution >= 0.6 is 11.8 Å². The SMILES string of the molecule is CCc1nc(SCC(=O)N2CCc3ccccc3C2)c2ccccc2n1. The lowest BCUT2D eigenvalue weighted by Gasteiger charge is -2.28. The fourth-order valence-corrected chi connectivity index (χ4v) is 4.23. The van der Waals surface area contributed by atoms with Crippen molar-refractivity contribution in [3.8, 4) is 0 Å². The van der Waals surface area contributed by atoms with Crippen molar-refractivity contribution in [1.82, 2.24) is 14.9 Å². The number of hydrogen-bond acceptors (Lipinski definition) is 4. The molecule has 0 saturated carbocycles. The zero-order valence-corrected chi connectivity index (χ0v) is 15.6. The molecule has 1 aromatic heterocycles. The van der Waals surface area contributed by atoms with Gasteiger partial charge in [0.15, 0.2) is 0 Å². The quantitative estimate of drug-likeness (QED) is 0.521. The molecule has 0 fully saturated rings. The first-order chi connectivity index (χ1) is 12.7. The molecule has 0 spiro atoms. The number of para-hydroxylation sites is 1. The first-order valence-corrected chi connectivity index (χ1v) is 9.96. The van der Waals surface area contributed by atoms with E-state index in [1.807, 2.05) is 35.2 Å². The summed E-state index contributed by atoms with van der Waals surface area (Å²) >= 11 is 1.52. The number of carbonyl (C=O) groups is 1. The Morgan fingerprint density at radius 1 is 1.08 bits per heavy atom. The molecular formula is C21H21N3OS. The van der Waals surface area contributed by atoms with Crippen LogP contribution in [0.2, 0.25) is 0 Å². The van der Waals surface area contributed by atoms with E-state index < -0.39 is 0 Å². The molecule has 0 aliphatic carbocycles. The molecule has 3 aromatic rings. The standard InChI is InChI=1S/C21H21N3OS/c1-2-19-22-18-10-6-5-9-17(18)21(23-19)26-14-20(25)24-12-11-15-7-3-4-8-16(15)13-24/h3-10H,2,11-14H2,1H3. The lowest BCUT2D eigenvalue weighted by atomic mass is 10.00. The van der Waals surface area contributed by atoms with Gasteiger partial charge in [0, 0.05) is 24.9 Å². The maximum atomic E-state index is 12.7. The molecule has 4 nitrogen and oxygen atoms in total. The second kappa shape index (κ2) is 7.46. The van der Waals surface area contributed by atoms with Crippen LogP contribution in [0.5, 0.6) is 0 Å². The van der Waals surface area contributed by atoms with Crippen molar-refractivity contribution in [3.05, 3.63) is 65.5 Å². The van der Waals surface area contributed by atoms with Crippen LogP contribution in [0, 0.1) is 0 Å². The number of fused-ring (bicyclic) bond motifs is 2. The van der Waals surface area contributed by atoms with Crippen molar-refractivity contribution in [2.75, 3.05) is 12.3 Å². The minimum Gasteiger partial charge on any atom is -0.337 e. The molecule has 4 rings (SSSR count). The summed E-state index contributed by atoms with van der Waals surface area (Å²) in [5.41, 5.74) is 3.57. The molecule has 5 heteroatoms. The Labute approximate surface area is 157 Å². The van der Waals surface area contributed by atoms with Gasteiger partial charge >= 0.3 is 0 Å². The Kier molecular flexibility index (Phi) is 4.89. The highest BCUT2D eigenvalue weighted by Crippen LogP contribution is 2.26. The summed E-state index contributed by atoms with van der Waals surface area (Å²) in [4.78, 5) is 23.9. The van der Waals surface area contributed by atoms with E-state index in [2.05, 4.69) is 35.1 Å². The highest BCUT2D eigenvalue weighted by atomic mass is 32.2. The Morgan fingerprint density at radius 2 is 1.85 bits per heavy atom. The van der Waals surface area contributed by atoms with Crippen LogP contribution in [0.25, 0.3) is 10.9 Å². The summed E-state index contributed by atoms with van der Waals surface area (Å²) in [6.45, 7) is 3.55. The molecule has 132 valence electrons. The predicted octanol–water partition coefficient (Wildman–Crippen LogP) is 3.87. The largest absolute Gasteiger partial charge is 0.337 e. The van der Waals surface area contributed by atoms with E-state index in [0.717, 1.165) is 41.1 Å². The van der Waals surface area contributed by atoms with E-state index in [-0.39, 0.29) is 5.91 Å². The Hall–Kier alpha value is -2.40. The molecular weight excluding hydrogens is 342 g/mol. The molecule has 0 radical (unpaired) electrons. The van der Waals surface area contributed by atoms with Crippen LogP contribution in [0.1, 0.15) is 23.9 Å². The fraction of sp³-hybridized carbons (Fsp3) is 0.286. The summed E-state index contributed by atoms with van der Waals surface area (Å²) in [5.74, 6) is 1.41. The molecule has 1 amide bonds. The van der Waals surface area contributed by atoms with Crippen LogP contribution in [0.3, 0.4) is 0 Å². The number of carbonyl (C=O) groups excluding carboxylic acids is 1. The van der Waals surface area contributed by atoms with Gasteiger partial charge in [0.25, 0.3) is 0 Å². The number of rotatable bonds is 4. The topological polar surface area (TPSA) is 46.1 Å². The van der Waals surface area contributed by atoms with E-state index in [0.29, 0.717) is 12.3 Å². The van der Waals surface area contributed by atoms with E-state index in [1.165, 1.54) is 22.9 Å². The molecule has 1 aliphatic rings. The first-order valence-electron chi connectivity index (χ1n) is 8.97. The van der Waals surface area contributed by atoms with Gasteiger partial charge in [0.1, 0.15) is 10.9 Å². The van der Waals surface area contributed by atoms with Crippen LogP contribution in [0.15, 0.2) is 53.6 Å². The third kappa shape index (κ3) is 3.44. The number of benzene rings is 2. The average Bonchev–Trinajstić information content (AvgIpc) is 2.71. The minimum atomic E-state index is 0.172. The van der Waals surface area contributed by atoms with Crippen LogP contribution in [0.4, 0.5) is 0 Å². The number of aromatic nitrogens is 2. The van der Waals surface area contributed by atoms with Gasteiger partial charge in [-0.25, -0.2) is 9.97 Å². The molecule has 2 aromatic carbocycles. The molecule has 0 atom stereocenters. The summed E-state index contributed by atoms with van der Waals surface area (Å²) in [6.07, 6.45) is 1.72. The number of aryl methyl sites for hydroxylation is 1. The Bertz CT molecular complexity index is 957. The van der Waals surface area contributed by atoms with Gasteiger partial charge in [-0.15, -0.1) is 0 Å². The lowest BCUT2D eigenvalue weighted by Crippen LogP contribution is -2.37. The van der Waals surface area contributed by atoms with Gasteiger partial charge in [0.2, 0.25) is 5.91 Å². The second-order valence-electron chi connectivity index (χ2n) is 6.44. The van der Waals surface area contributed by atoms with E-state index >= 15 is 0 Å². The van der Waals surface area contributed by atoms with Crippen molar-refractivity contribution in [3.63, 3.8) is 0 Å². The van der Waals surface area contributed by atoms with Gasteiger partial charge in [-0.1, -0.05) is 61.2 Å². The number of nitrogens with zero attached hydrogens (tertiary/aromatic N) is 3. The van der Waals surface area contributed by atoms with E-state index in [1.54, 1.807) is 0 Å². The molecule has 0 N–H and O–H groups in total. The molecule has 2 heterocycles. The van der Waals surface area contributed by atoms with Gasteiger partial charge < -0.3 is 4.90 Å². The van der Waals surface area contributed by atoms with Gasteiger partial charge in [-0.05, 0) is 23.6 Å². The lowest BCUT2D eigenvalue weighted by molar-refractivity contribution is -0.129. The zero-order chi connectivity index (χ0) is 17.9. The number of amides is 1. The third-order valence-electron chi connectivity index (χ3n) is 4.75. The fourth-order valence-electron chi connectivity index (χ4n) is 3.29. The van der Waals surface area contributed by atoms with Crippen molar-refractivity contribution in [2.45, 2.75) is 31.3 Å². The summed E-state index contributed by atoms with van der Waals surface area (Å²) < 4.78 is 0. The Morgan fingerprint density at radius 3 is 2.69 bits per heavy atom. The van der Waals surface area contributed by atoms with E-state index in [9.17, 15) is 4.79 Å². The molecule has 1 aliphatic heterocycles. The summed E-state index contributed by atoms with van der Waals surface area (Å²) in [6, 6.07) is 16.4. The average molecular weight is 363 g/mol. The van der Waals surface area contributed by atoms with Crippen molar-refractivity contribution < 1.29 is 4.79 Å². The molecule has 0 unspecified atom stereocenters. The van der Waals surface area contributed by atoms with Crippen molar-refractivity contribution in [2.24, 2.45) is 0 Å². The van der Waals surface area contributed by atoms with Crippen molar-refractivity contribution in [1.29, 1.82) is 0 Å². The number of thioether (sulfide) groups is 1. The van der Waals surface area contributed by atoms with E-state index in [4.69, 9.17) is 0 Å². The summed E-state index contributed by atoms with van der Waals surface area (Å²) in [7, 11) is 0. The molecule has 26 heavy (non-hydrogen) atoms. The number of hydrogen-bond donors (Lipinski definition) is 0. The summed E-state index contributed by atoms with van der Waals surface area (Å²) in [5, 5.41) is 1.92. The van der Waals surface area contributed by atoms with Gasteiger partial charge in [-0.2, -0.15) is 0 Å².